The first-order chi connectivity index (χ1) is 14.7. The van der Waals surface area contributed by atoms with E-state index in [4.69, 9.17) is 0 Å². The monoisotopic (exact) mass is 426 g/mol. The lowest BCUT2D eigenvalue weighted by Crippen LogP contribution is -2.32. The average molecular weight is 427 g/mol. The highest BCUT2D eigenvalue weighted by molar-refractivity contribution is 5.39. The maximum Gasteiger partial charge on any atom is 0.0787 e. The smallest absolute Gasteiger partial charge is 0.0787 e. The van der Waals surface area contributed by atoms with Gasteiger partial charge in [0.25, 0.3) is 0 Å². The number of hydrogen-bond donors (Lipinski definition) is 2. The summed E-state index contributed by atoms with van der Waals surface area (Å²) in [6.07, 6.45) is 19.7. The van der Waals surface area contributed by atoms with Gasteiger partial charge in [-0.25, -0.2) is 0 Å². The zero-order valence-electron chi connectivity index (χ0n) is 20.6. The summed E-state index contributed by atoms with van der Waals surface area (Å²) in [7, 11) is 0. The van der Waals surface area contributed by atoms with Gasteiger partial charge in [-0.2, -0.15) is 0 Å². The summed E-state index contributed by atoms with van der Waals surface area (Å²) in [4.78, 5) is 0. The summed E-state index contributed by atoms with van der Waals surface area (Å²) in [5.74, 6) is 1.22. The lowest BCUT2D eigenvalue weighted by atomic mass is 9.62. The maximum atomic E-state index is 10.6. The second-order valence-corrected chi connectivity index (χ2v) is 10.8. The number of aliphatic hydroxyl groups is 2. The Kier molecular flexibility index (Phi) is 8.08. The van der Waals surface area contributed by atoms with E-state index in [-0.39, 0.29) is 11.5 Å². The van der Waals surface area contributed by atoms with Crippen LogP contribution in [-0.2, 0) is 0 Å². The fraction of sp³-hybridized carbons (Fsp3) is 0.724. The zero-order valence-corrected chi connectivity index (χ0v) is 20.6. The van der Waals surface area contributed by atoms with Crippen molar-refractivity contribution < 1.29 is 10.2 Å². The number of hydrogen-bond acceptors (Lipinski definition) is 2. The SMILES string of the molecule is C=C1/C(=C\C=C2/CCCC3(C)C([C@H](C)CCCC(O)(CC)CC)=CCC23)CCCC1O. The fourth-order valence-electron chi connectivity index (χ4n) is 6.54. The molecule has 0 aromatic carbocycles. The Morgan fingerprint density at radius 1 is 1.23 bits per heavy atom. The van der Waals surface area contributed by atoms with E-state index in [1.54, 1.807) is 11.1 Å². The van der Waals surface area contributed by atoms with Gasteiger partial charge in [0, 0.05) is 0 Å². The molecule has 0 spiro atoms. The highest BCUT2D eigenvalue weighted by atomic mass is 16.3. The largest absolute Gasteiger partial charge is 0.390 e. The first kappa shape index (κ1) is 24.5. The molecule has 0 amide bonds. The van der Waals surface area contributed by atoms with E-state index in [9.17, 15) is 10.2 Å². The molecule has 31 heavy (non-hydrogen) atoms. The minimum Gasteiger partial charge on any atom is -0.390 e. The Labute approximate surface area is 191 Å². The molecular weight excluding hydrogens is 380 g/mol. The molecule has 0 radical (unpaired) electrons. The molecule has 0 saturated heterocycles. The molecule has 2 N–H and O–H groups in total. The summed E-state index contributed by atoms with van der Waals surface area (Å²) in [6.45, 7) is 13.3. The van der Waals surface area contributed by atoms with Crippen LogP contribution >= 0.6 is 0 Å². The Morgan fingerprint density at radius 3 is 2.68 bits per heavy atom. The lowest BCUT2D eigenvalue weighted by Gasteiger charge is -2.42. The van der Waals surface area contributed by atoms with Crippen molar-refractivity contribution in [3.63, 3.8) is 0 Å². The van der Waals surface area contributed by atoms with Gasteiger partial charge < -0.3 is 10.2 Å². The highest BCUT2D eigenvalue weighted by Gasteiger charge is 2.45. The van der Waals surface area contributed by atoms with Crippen molar-refractivity contribution >= 4 is 0 Å². The third kappa shape index (κ3) is 5.28. The predicted octanol–water partition coefficient (Wildman–Crippen LogP) is 7.43. The molecule has 3 rings (SSSR count). The maximum absolute atomic E-state index is 10.6. The van der Waals surface area contributed by atoms with E-state index in [1.807, 2.05) is 0 Å². The van der Waals surface area contributed by atoms with Gasteiger partial charge in [0.2, 0.25) is 0 Å². The van der Waals surface area contributed by atoms with E-state index in [0.717, 1.165) is 50.5 Å². The molecule has 3 aliphatic carbocycles. The molecule has 3 aliphatic rings. The van der Waals surface area contributed by atoms with Crippen molar-refractivity contribution in [1.82, 2.24) is 0 Å². The third-order valence-electron chi connectivity index (χ3n) is 8.97. The van der Waals surface area contributed by atoms with Crippen molar-refractivity contribution in [1.29, 1.82) is 0 Å². The molecular formula is C29H46O2. The highest BCUT2D eigenvalue weighted by Crippen LogP contribution is 2.57. The minimum atomic E-state index is -0.471. The normalized spacial score (nSPS) is 33.0. The fourth-order valence-corrected chi connectivity index (χ4v) is 6.54. The molecule has 4 atom stereocenters. The van der Waals surface area contributed by atoms with Crippen LogP contribution < -0.4 is 0 Å². The molecule has 2 heteroatoms. The average Bonchev–Trinajstić information content (AvgIpc) is 3.12. The van der Waals surface area contributed by atoms with Gasteiger partial charge in [0.1, 0.15) is 0 Å². The summed E-state index contributed by atoms with van der Waals surface area (Å²) >= 11 is 0. The Morgan fingerprint density at radius 2 is 1.97 bits per heavy atom. The topological polar surface area (TPSA) is 40.5 Å². The van der Waals surface area contributed by atoms with E-state index in [1.165, 1.54) is 37.7 Å². The van der Waals surface area contributed by atoms with Crippen LogP contribution in [0.3, 0.4) is 0 Å². The predicted molar refractivity (Wildman–Crippen MR) is 132 cm³/mol. The van der Waals surface area contributed by atoms with Crippen LogP contribution in [-0.4, -0.2) is 21.9 Å². The van der Waals surface area contributed by atoms with Gasteiger partial charge in [-0.05, 0) is 99.0 Å². The quantitative estimate of drug-likeness (QED) is 0.396. The molecule has 2 fully saturated rings. The van der Waals surface area contributed by atoms with Crippen molar-refractivity contribution in [3.05, 3.63) is 47.1 Å². The van der Waals surface area contributed by atoms with Crippen LogP contribution in [0.4, 0.5) is 0 Å². The number of rotatable bonds is 8. The number of aliphatic hydroxyl groups excluding tert-OH is 1. The number of fused-ring (bicyclic) bond motifs is 1. The second-order valence-electron chi connectivity index (χ2n) is 10.8. The van der Waals surface area contributed by atoms with Crippen LogP contribution in [0.25, 0.3) is 0 Å². The van der Waals surface area contributed by atoms with E-state index in [0.29, 0.717) is 11.8 Å². The summed E-state index contributed by atoms with van der Waals surface area (Å²) in [6, 6.07) is 0. The van der Waals surface area contributed by atoms with Gasteiger partial charge in [-0.15, -0.1) is 0 Å². The van der Waals surface area contributed by atoms with Gasteiger partial charge in [0.15, 0.2) is 0 Å². The molecule has 0 aromatic heterocycles. The molecule has 2 nitrogen and oxygen atoms in total. The lowest BCUT2D eigenvalue weighted by molar-refractivity contribution is 0.0204. The van der Waals surface area contributed by atoms with Crippen LogP contribution in [0.2, 0.25) is 0 Å². The molecule has 0 heterocycles. The van der Waals surface area contributed by atoms with Crippen LogP contribution in [0.5, 0.6) is 0 Å². The van der Waals surface area contributed by atoms with Crippen LogP contribution in [0.15, 0.2) is 47.1 Å². The van der Waals surface area contributed by atoms with E-state index >= 15 is 0 Å². The van der Waals surface area contributed by atoms with Crippen LogP contribution in [0.1, 0.15) is 105 Å². The van der Waals surface area contributed by atoms with Gasteiger partial charge in [0.05, 0.1) is 11.7 Å². The molecule has 174 valence electrons. The van der Waals surface area contributed by atoms with Gasteiger partial charge in [-0.1, -0.05) is 70.1 Å². The Hall–Kier alpha value is -1.12. The van der Waals surface area contributed by atoms with E-state index in [2.05, 4.69) is 52.5 Å². The third-order valence-corrected chi connectivity index (χ3v) is 8.97. The Bertz CT molecular complexity index is 736. The first-order valence-corrected chi connectivity index (χ1v) is 12.9. The first-order valence-electron chi connectivity index (χ1n) is 12.9. The van der Waals surface area contributed by atoms with Crippen molar-refractivity contribution in [2.75, 3.05) is 0 Å². The van der Waals surface area contributed by atoms with E-state index < -0.39 is 5.60 Å². The molecule has 0 bridgehead atoms. The summed E-state index contributed by atoms with van der Waals surface area (Å²) in [5.41, 5.74) is 5.26. The van der Waals surface area contributed by atoms with Crippen molar-refractivity contribution in [3.8, 4) is 0 Å². The van der Waals surface area contributed by atoms with Gasteiger partial charge >= 0.3 is 0 Å². The van der Waals surface area contributed by atoms with Crippen LogP contribution in [0, 0.1) is 17.3 Å². The molecule has 2 saturated carbocycles. The van der Waals surface area contributed by atoms with Gasteiger partial charge in [-0.3, -0.25) is 0 Å². The second kappa shape index (κ2) is 10.2. The Balaban J connectivity index is 1.67. The minimum absolute atomic E-state index is 0.289. The standard InChI is InChI=1S/C29H46O2/c1-6-29(31,7-2)20-9-11-21(3)25-17-18-26-24(13-10-19-28(25,26)5)16-15-23-12-8-14-27(30)22(23)4/h15-17,21,26-27,30-31H,4,6-14,18-20H2,1-3,5H3/b23-15-,24-16+/t21-,26?,27?,28?/m1/s1. The molecule has 3 unspecified atom stereocenters. The van der Waals surface area contributed by atoms with Crippen molar-refractivity contribution in [2.24, 2.45) is 17.3 Å². The summed E-state index contributed by atoms with van der Waals surface area (Å²) < 4.78 is 0. The zero-order chi connectivity index (χ0) is 22.6. The summed E-state index contributed by atoms with van der Waals surface area (Å²) in [5, 5.41) is 20.8. The number of allylic oxidation sites excluding steroid dienone is 5. The molecule has 0 aromatic rings. The van der Waals surface area contributed by atoms with Crippen molar-refractivity contribution in [2.45, 2.75) is 116 Å². The molecule has 0 aliphatic heterocycles.